The molecule has 164 valence electrons. The Morgan fingerprint density at radius 2 is 1.64 bits per heavy atom. The summed E-state index contributed by atoms with van der Waals surface area (Å²) in [5.41, 5.74) is 0. The summed E-state index contributed by atoms with van der Waals surface area (Å²) in [6, 6.07) is -0.487. The van der Waals surface area contributed by atoms with Crippen molar-refractivity contribution in [1.82, 2.24) is 13.3 Å². The number of halogens is 2. The van der Waals surface area contributed by atoms with Gasteiger partial charge in [0.2, 0.25) is 30.1 Å². The van der Waals surface area contributed by atoms with E-state index in [1.165, 1.54) is 0 Å². The summed E-state index contributed by atoms with van der Waals surface area (Å²) >= 11 is 0. The molecule has 1 atom stereocenters. The van der Waals surface area contributed by atoms with Crippen LogP contribution in [0, 0.1) is 0 Å². The number of esters is 1. The van der Waals surface area contributed by atoms with Crippen LogP contribution >= 0.6 is 0 Å². The van der Waals surface area contributed by atoms with Gasteiger partial charge < -0.3 is 4.74 Å². The fourth-order valence-corrected chi connectivity index (χ4v) is 7.45. The van der Waals surface area contributed by atoms with E-state index in [1.807, 2.05) is 0 Å². The summed E-state index contributed by atoms with van der Waals surface area (Å²) < 4.78 is 104. The smallest absolute Gasteiger partial charge is 0.323 e. The highest BCUT2D eigenvalue weighted by Gasteiger charge is 2.44. The number of hydrogen-bond acceptors (Lipinski definition) is 9. The second kappa shape index (κ2) is 8.06. The van der Waals surface area contributed by atoms with Crippen LogP contribution in [0.2, 0.25) is 0 Å². The molecule has 0 spiro atoms. The van der Waals surface area contributed by atoms with Crippen molar-refractivity contribution in [3.8, 4) is 0 Å². The lowest BCUT2D eigenvalue weighted by atomic mass is 10.2. The largest absolute Gasteiger partial charge is 0.464 e. The lowest BCUT2D eigenvalue weighted by Gasteiger charge is -2.36. The van der Waals surface area contributed by atoms with Crippen LogP contribution in [0.5, 0.6) is 0 Å². The second-order valence-electron chi connectivity index (χ2n) is 6.63. The number of carbonyl (C=O) groups is 1. The molecule has 0 amide bonds. The van der Waals surface area contributed by atoms with Gasteiger partial charge in [-0.05, 0) is 0 Å². The maximum atomic E-state index is 14.0. The molecule has 0 aromatic carbocycles. The molecule has 2 fully saturated rings. The van der Waals surface area contributed by atoms with Crippen LogP contribution in [0.25, 0.3) is 0 Å². The number of ether oxygens (including phenoxy) is 1. The Morgan fingerprint density at radius 1 is 1.07 bits per heavy atom. The first-order valence-electron chi connectivity index (χ1n) is 8.08. The molecule has 1 unspecified atom stereocenters. The van der Waals surface area contributed by atoms with Gasteiger partial charge in [-0.25, -0.2) is 34.0 Å². The number of nitrogens with one attached hydrogen (secondary N) is 1. The van der Waals surface area contributed by atoms with E-state index >= 15 is 0 Å². The second-order valence-corrected chi connectivity index (χ2v) is 12.3. The number of hydrogen-bond donors (Lipinski definition) is 1. The lowest BCUT2D eigenvalue weighted by Crippen LogP contribution is -2.54. The van der Waals surface area contributed by atoms with Gasteiger partial charge in [0, 0.05) is 32.6 Å². The van der Waals surface area contributed by atoms with E-state index in [-0.39, 0.29) is 32.8 Å². The number of carbonyl (C=O) groups excluding carboxylic acids is 1. The van der Waals surface area contributed by atoms with Gasteiger partial charge in [-0.15, -0.1) is 4.13 Å². The molecule has 2 aliphatic rings. The maximum Gasteiger partial charge on any atom is 0.323 e. The highest BCUT2D eigenvalue weighted by Crippen LogP contribution is 2.23. The van der Waals surface area contributed by atoms with Crippen molar-refractivity contribution >= 4 is 36.0 Å². The molecular weight excluding hydrogens is 448 g/mol. The van der Waals surface area contributed by atoms with E-state index in [0.29, 0.717) is 12.7 Å². The minimum Gasteiger partial charge on any atom is -0.464 e. The Balaban J connectivity index is 1.98. The third-order valence-electron chi connectivity index (χ3n) is 4.09. The molecule has 28 heavy (non-hydrogen) atoms. The van der Waals surface area contributed by atoms with Gasteiger partial charge in [-0.2, -0.15) is 4.31 Å². The Kier molecular flexibility index (Phi) is 6.72. The van der Waals surface area contributed by atoms with Gasteiger partial charge in [-0.3, -0.25) is 9.69 Å². The number of nitrogens with zero attached hydrogens (tertiary/aromatic N) is 2. The minimum atomic E-state index is -4.96. The highest BCUT2D eigenvalue weighted by molar-refractivity contribution is 8.04. The van der Waals surface area contributed by atoms with Crippen molar-refractivity contribution in [3.05, 3.63) is 0 Å². The Morgan fingerprint density at radius 3 is 2.11 bits per heavy atom. The zero-order valence-electron chi connectivity index (χ0n) is 14.9. The Hall–Kier alpha value is -0.940. The van der Waals surface area contributed by atoms with Gasteiger partial charge in [0.15, 0.2) is 0 Å². The summed E-state index contributed by atoms with van der Waals surface area (Å²) in [7, 11) is -13.8. The predicted molar refractivity (Wildman–Crippen MR) is 93.0 cm³/mol. The van der Waals surface area contributed by atoms with E-state index < -0.39 is 59.5 Å². The van der Waals surface area contributed by atoms with Crippen LogP contribution in [-0.4, -0.2) is 103 Å². The average Bonchev–Trinajstić information content (AvgIpc) is 2.88. The number of cyclic esters (lactones) is 1. The number of piperazine rings is 1. The minimum absolute atomic E-state index is 0.137. The molecule has 0 aromatic heterocycles. The van der Waals surface area contributed by atoms with Crippen molar-refractivity contribution in [2.45, 2.75) is 18.4 Å². The molecule has 0 bridgehead atoms. The highest BCUT2D eigenvalue weighted by atomic mass is 32.3. The topological polar surface area (TPSA) is 147 Å². The maximum absolute atomic E-state index is 14.0. The molecule has 2 rings (SSSR count). The van der Waals surface area contributed by atoms with Crippen LogP contribution < -0.4 is 4.13 Å². The van der Waals surface area contributed by atoms with Crippen molar-refractivity contribution in [1.29, 1.82) is 0 Å². The number of alkyl halides is 2. The van der Waals surface area contributed by atoms with Crippen molar-refractivity contribution in [2.24, 2.45) is 0 Å². The zero-order chi connectivity index (χ0) is 21.4. The van der Waals surface area contributed by atoms with Gasteiger partial charge >= 0.3 is 5.97 Å². The van der Waals surface area contributed by atoms with E-state index in [2.05, 4.69) is 0 Å². The summed E-state index contributed by atoms with van der Waals surface area (Å²) in [6.45, 7) is 0.258. The summed E-state index contributed by atoms with van der Waals surface area (Å²) in [5.74, 6) is -8.38. The predicted octanol–water partition coefficient (Wildman–Crippen LogP) is -2.24. The Bertz CT molecular complexity index is 912. The van der Waals surface area contributed by atoms with Crippen LogP contribution in [0.4, 0.5) is 8.78 Å². The molecule has 2 saturated heterocycles. The van der Waals surface area contributed by atoms with Gasteiger partial charge in [0.05, 0.1) is 12.9 Å². The third kappa shape index (κ3) is 6.55. The number of rotatable bonds is 8. The van der Waals surface area contributed by atoms with Crippen LogP contribution in [0.15, 0.2) is 0 Å². The molecule has 0 aromatic rings. The molecule has 16 heteroatoms. The van der Waals surface area contributed by atoms with Gasteiger partial charge in [0.1, 0.15) is 17.5 Å². The van der Waals surface area contributed by atoms with E-state index in [4.69, 9.17) is 4.74 Å². The van der Waals surface area contributed by atoms with E-state index in [9.17, 15) is 38.8 Å². The van der Waals surface area contributed by atoms with Gasteiger partial charge in [-0.1, -0.05) is 0 Å². The fraction of sp³-hybridized carbons (Fsp3) is 0.917. The van der Waals surface area contributed by atoms with E-state index in [0.717, 1.165) is 8.43 Å². The molecule has 11 nitrogen and oxygen atoms in total. The molecule has 2 heterocycles. The summed E-state index contributed by atoms with van der Waals surface area (Å²) in [5, 5.41) is 0. The lowest BCUT2D eigenvalue weighted by molar-refractivity contribution is -0.142. The van der Waals surface area contributed by atoms with Crippen LogP contribution in [-0.2, 0) is 39.6 Å². The van der Waals surface area contributed by atoms with Crippen LogP contribution in [0.1, 0.15) is 6.42 Å². The first-order valence-corrected chi connectivity index (χ1v) is 13.2. The molecule has 0 saturated carbocycles. The quantitative estimate of drug-likeness (QED) is 0.390. The van der Waals surface area contributed by atoms with E-state index in [1.54, 1.807) is 4.90 Å². The first-order chi connectivity index (χ1) is 12.6. The zero-order valence-corrected chi connectivity index (χ0v) is 17.3. The van der Waals surface area contributed by atoms with Crippen molar-refractivity contribution in [2.75, 3.05) is 50.5 Å². The first kappa shape index (κ1) is 23.3. The summed E-state index contributed by atoms with van der Waals surface area (Å²) in [6.07, 6.45) is 0.938. The Labute approximate surface area is 162 Å². The monoisotopic (exact) mass is 469 g/mol. The third-order valence-corrected chi connectivity index (χ3v) is 9.06. The molecule has 0 aliphatic carbocycles. The average molecular weight is 470 g/mol. The molecule has 2 aliphatic heterocycles. The standard InChI is InChI=1S/C12H21F2N3O8S3/c1-26(19,20)15-27(21,22)8-12(13,14)9-28(23,24)17-5-3-16(4-6-17)10-2-7-25-11(10)18/h10,15H,2-9H2,1H3. The summed E-state index contributed by atoms with van der Waals surface area (Å²) in [4.78, 5) is 13.3. The number of sulfonamides is 3. The van der Waals surface area contributed by atoms with Gasteiger partial charge in [0.25, 0.3) is 5.92 Å². The van der Waals surface area contributed by atoms with Crippen LogP contribution in [0.3, 0.4) is 0 Å². The molecular formula is C12H21F2N3O8S3. The molecule has 1 N–H and O–H groups in total. The SMILES string of the molecule is CS(=O)(=O)NS(=O)(=O)CC(F)(F)CS(=O)(=O)N1CCN(C2CCOC2=O)CC1. The van der Waals surface area contributed by atoms with Crippen molar-refractivity contribution in [3.63, 3.8) is 0 Å². The molecule has 0 radical (unpaired) electrons. The normalized spacial score (nSPS) is 23.7. The fourth-order valence-electron chi connectivity index (χ4n) is 3.05. The van der Waals surface area contributed by atoms with Crippen molar-refractivity contribution < 1.29 is 43.6 Å².